The van der Waals surface area contributed by atoms with Gasteiger partial charge in [0.05, 0.1) is 29.4 Å². The first-order chi connectivity index (χ1) is 10.0. The number of rotatable bonds is 5. The second-order valence-corrected chi connectivity index (χ2v) is 5.55. The van der Waals surface area contributed by atoms with E-state index in [4.69, 9.17) is 21.1 Å². The highest BCUT2D eigenvalue weighted by Crippen LogP contribution is 2.36. The third kappa shape index (κ3) is 3.80. The molecule has 0 aromatic heterocycles. The van der Waals surface area contributed by atoms with Crippen LogP contribution in [0.15, 0.2) is 34.8 Å². The molecule has 0 atom stereocenters. The lowest BCUT2D eigenvalue weighted by atomic mass is 10.2. The topological polar surface area (TPSA) is 30.5 Å². The Morgan fingerprint density at radius 3 is 2.48 bits per heavy atom. The van der Waals surface area contributed by atoms with Gasteiger partial charge in [0.25, 0.3) is 0 Å². The van der Waals surface area contributed by atoms with E-state index < -0.39 is 0 Å². The fourth-order valence-corrected chi connectivity index (χ4v) is 2.33. The van der Waals surface area contributed by atoms with Crippen LogP contribution in [0.1, 0.15) is 5.56 Å². The van der Waals surface area contributed by atoms with E-state index in [2.05, 4.69) is 21.2 Å². The molecule has 0 saturated heterocycles. The largest absolute Gasteiger partial charge is 0.495 e. The minimum Gasteiger partial charge on any atom is -0.495 e. The van der Waals surface area contributed by atoms with Gasteiger partial charge in [-0.25, -0.2) is 4.39 Å². The lowest BCUT2D eigenvalue weighted by Gasteiger charge is -2.14. The zero-order valence-electron chi connectivity index (χ0n) is 11.5. The Balaban J connectivity index is 2.19. The maximum atomic E-state index is 13.5. The van der Waals surface area contributed by atoms with Gasteiger partial charge in [0, 0.05) is 12.6 Å². The number of halogens is 3. The Hall–Kier alpha value is -1.46. The number of hydrogen-bond donors (Lipinski definition) is 1. The number of nitrogens with one attached hydrogen (secondary N) is 1. The molecule has 0 bridgehead atoms. The predicted octanol–water partition coefficient (Wildman–Crippen LogP) is 4.87. The highest BCUT2D eigenvalue weighted by Gasteiger charge is 2.10. The molecule has 3 nitrogen and oxygen atoms in total. The van der Waals surface area contributed by atoms with Gasteiger partial charge in [-0.05, 0) is 39.7 Å². The number of methoxy groups -OCH3 is 2. The molecule has 2 aromatic rings. The summed E-state index contributed by atoms with van der Waals surface area (Å²) in [5, 5.41) is 3.65. The molecule has 0 fully saturated rings. The van der Waals surface area contributed by atoms with E-state index in [-0.39, 0.29) is 5.82 Å². The Labute approximate surface area is 136 Å². The van der Waals surface area contributed by atoms with Gasteiger partial charge in [-0.15, -0.1) is 0 Å². The van der Waals surface area contributed by atoms with Crippen LogP contribution in [0.4, 0.5) is 10.1 Å². The van der Waals surface area contributed by atoms with Gasteiger partial charge >= 0.3 is 0 Å². The van der Waals surface area contributed by atoms with Crippen LogP contribution in [0.5, 0.6) is 11.5 Å². The second-order valence-electron chi connectivity index (χ2n) is 4.29. The highest BCUT2D eigenvalue weighted by molar-refractivity contribution is 9.10. The molecule has 0 aliphatic rings. The van der Waals surface area contributed by atoms with E-state index in [1.807, 2.05) is 6.07 Å². The average molecular weight is 375 g/mol. The molecule has 0 aliphatic carbocycles. The Morgan fingerprint density at radius 2 is 1.86 bits per heavy atom. The van der Waals surface area contributed by atoms with Crippen molar-refractivity contribution in [1.82, 2.24) is 0 Å². The number of ether oxygens (including phenoxy) is 2. The van der Waals surface area contributed by atoms with Crippen molar-refractivity contribution in [3.05, 3.63) is 51.2 Å². The van der Waals surface area contributed by atoms with Crippen LogP contribution in [0, 0.1) is 5.82 Å². The molecule has 2 aromatic carbocycles. The van der Waals surface area contributed by atoms with Crippen LogP contribution in [-0.2, 0) is 6.54 Å². The average Bonchev–Trinajstić information content (AvgIpc) is 2.48. The van der Waals surface area contributed by atoms with Crippen LogP contribution in [-0.4, -0.2) is 14.2 Å². The second kappa shape index (κ2) is 7.00. The summed E-state index contributed by atoms with van der Waals surface area (Å²) in [7, 11) is 3.10. The van der Waals surface area contributed by atoms with Crippen LogP contribution in [0.25, 0.3) is 0 Å². The van der Waals surface area contributed by atoms with E-state index in [1.165, 1.54) is 6.07 Å². The zero-order chi connectivity index (χ0) is 15.4. The quantitative estimate of drug-likeness (QED) is 0.810. The molecule has 0 saturated carbocycles. The van der Waals surface area contributed by atoms with E-state index >= 15 is 0 Å². The van der Waals surface area contributed by atoms with Gasteiger partial charge in [0.2, 0.25) is 0 Å². The van der Waals surface area contributed by atoms with Crippen molar-refractivity contribution in [2.75, 3.05) is 19.5 Å². The Kier molecular flexibility index (Phi) is 5.31. The normalized spacial score (nSPS) is 10.3. The smallest absolute Gasteiger partial charge is 0.145 e. The SMILES string of the molecule is COc1cc(OC)c(NCc2ccc(Br)c(F)c2)cc1Cl. The first-order valence-electron chi connectivity index (χ1n) is 6.14. The molecule has 0 aliphatic heterocycles. The van der Waals surface area contributed by atoms with Crippen LogP contribution < -0.4 is 14.8 Å². The van der Waals surface area contributed by atoms with Crippen LogP contribution in [0.3, 0.4) is 0 Å². The molecule has 2 rings (SSSR count). The van der Waals surface area contributed by atoms with Crippen molar-refractivity contribution >= 4 is 33.2 Å². The molecule has 112 valence electrons. The van der Waals surface area contributed by atoms with Crippen molar-refractivity contribution in [2.24, 2.45) is 0 Å². The van der Waals surface area contributed by atoms with E-state index in [9.17, 15) is 4.39 Å². The molecule has 0 radical (unpaired) electrons. The molecule has 0 amide bonds. The van der Waals surface area contributed by atoms with Crippen molar-refractivity contribution < 1.29 is 13.9 Å². The molecule has 1 N–H and O–H groups in total. The molecule has 6 heteroatoms. The van der Waals surface area contributed by atoms with Gasteiger partial charge in [-0.1, -0.05) is 17.7 Å². The summed E-state index contributed by atoms with van der Waals surface area (Å²) in [6.45, 7) is 0.448. The van der Waals surface area contributed by atoms with E-state index in [1.54, 1.807) is 32.4 Å². The zero-order valence-corrected chi connectivity index (χ0v) is 13.9. The molecule has 0 spiro atoms. The number of hydrogen-bond acceptors (Lipinski definition) is 3. The van der Waals surface area contributed by atoms with Gasteiger partial charge in [0.1, 0.15) is 17.3 Å². The predicted molar refractivity (Wildman–Crippen MR) is 86.0 cm³/mol. The summed E-state index contributed by atoms with van der Waals surface area (Å²) in [5.74, 6) is 0.844. The maximum Gasteiger partial charge on any atom is 0.145 e. The fourth-order valence-electron chi connectivity index (χ4n) is 1.85. The monoisotopic (exact) mass is 373 g/mol. The summed E-state index contributed by atoms with van der Waals surface area (Å²) in [4.78, 5) is 0. The van der Waals surface area contributed by atoms with Gasteiger partial charge in [-0.3, -0.25) is 0 Å². The highest BCUT2D eigenvalue weighted by atomic mass is 79.9. The van der Waals surface area contributed by atoms with Crippen molar-refractivity contribution in [3.8, 4) is 11.5 Å². The molecular formula is C15H14BrClFNO2. The summed E-state index contributed by atoms with van der Waals surface area (Å²) >= 11 is 9.23. The summed E-state index contributed by atoms with van der Waals surface area (Å²) < 4.78 is 24.3. The minimum absolute atomic E-state index is 0.297. The standard InChI is InChI=1S/C15H14BrClFNO2/c1-20-14-7-15(21-2)13(6-11(14)17)19-8-9-3-4-10(16)12(18)5-9/h3-7,19H,8H2,1-2H3. The summed E-state index contributed by atoms with van der Waals surface area (Å²) in [6, 6.07) is 8.39. The van der Waals surface area contributed by atoms with Gasteiger partial charge in [0.15, 0.2) is 0 Å². The van der Waals surface area contributed by atoms with E-state index in [0.717, 1.165) is 5.56 Å². The Bertz CT molecular complexity index is 652. The van der Waals surface area contributed by atoms with Gasteiger partial charge in [-0.2, -0.15) is 0 Å². The van der Waals surface area contributed by atoms with Crippen molar-refractivity contribution in [3.63, 3.8) is 0 Å². The lowest BCUT2D eigenvalue weighted by molar-refractivity contribution is 0.395. The number of anilines is 1. The maximum absolute atomic E-state index is 13.5. The summed E-state index contributed by atoms with van der Waals surface area (Å²) in [6.07, 6.45) is 0. The summed E-state index contributed by atoms with van der Waals surface area (Å²) in [5.41, 5.74) is 1.52. The first-order valence-corrected chi connectivity index (χ1v) is 7.31. The molecule has 0 unspecified atom stereocenters. The lowest BCUT2D eigenvalue weighted by Crippen LogP contribution is -2.02. The van der Waals surface area contributed by atoms with Gasteiger partial charge < -0.3 is 14.8 Å². The Morgan fingerprint density at radius 1 is 1.14 bits per heavy atom. The van der Waals surface area contributed by atoms with E-state index in [0.29, 0.717) is 33.2 Å². The van der Waals surface area contributed by atoms with Crippen LogP contribution >= 0.6 is 27.5 Å². The molecule has 0 heterocycles. The molecular weight excluding hydrogens is 361 g/mol. The van der Waals surface area contributed by atoms with Crippen LogP contribution in [0.2, 0.25) is 5.02 Å². The number of benzene rings is 2. The third-order valence-electron chi connectivity index (χ3n) is 2.94. The van der Waals surface area contributed by atoms with Crippen molar-refractivity contribution in [2.45, 2.75) is 6.54 Å². The first kappa shape index (κ1) is 15.9. The van der Waals surface area contributed by atoms with Crippen molar-refractivity contribution in [1.29, 1.82) is 0 Å². The fraction of sp³-hybridized carbons (Fsp3) is 0.200. The third-order valence-corrected chi connectivity index (χ3v) is 3.88. The minimum atomic E-state index is -0.297. The molecule has 21 heavy (non-hydrogen) atoms.